The molecule has 6 nitrogen and oxygen atoms in total. The van der Waals surface area contributed by atoms with Gasteiger partial charge in [0.2, 0.25) is 5.91 Å². The molecule has 0 saturated carbocycles. The zero-order chi connectivity index (χ0) is 15.6. The number of nitrogen functional groups attached to an aromatic ring is 1. The van der Waals surface area contributed by atoms with Crippen LogP contribution in [0, 0.1) is 5.92 Å². The lowest BCUT2D eigenvalue weighted by Gasteiger charge is -2.19. The molecule has 0 aromatic heterocycles. The Kier molecular flexibility index (Phi) is 4.52. The molecule has 0 spiro atoms. The van der Waals surface area contributed by atoms with Crippen molar-refractivity contribution < 1.29 is 19.5 Å². The first-order valence-corrected chi connectivity index (χ1v) is 7.43. The zero-order valence-corrected chi connectivity index (χ0v) is 12.4. The Balaban J connectivity index is 2.18. The van der Waals surface area contributed by atoms with E-state index in [-0.39, 0.29) is 22.5 Å². The van der Waals surface area contributed by atoms with Crippen LogP contribution >= 0.6 is 11.8 Å². The second-order valence-electron chi connectivity index (χ2n) is 4.96. The number of carbonyl (C=O) groups is 3. The van der Waals surface area contributed by atoms with Gasteiger partial charge in [0.15, 0.2) is 5.12 Å². The van der Waals surface area contributed by atoms with Gasteiger partial charge in [0, 0.05) is 25.6 Å². The lowest BCUT2D eigenvalue weighted by molar-refractivity contribution is -0.117. The second kappa shape index (κ2) is 6.17. The summed E-state index contributed by atoms with van der Waals surface area (Å²) < 4.78 is 0. The van der Waals surface area contributed by atoms with Crippen molar-refractivity contribution in [3.8, 4) is 0 Å². The van der Waals surface area contributed by atoms with Crippen LogP contribution in [0.15, 0.2) is 18.2 Å². The van der Waals surface area contributed by atoms with Crippen molar-refractivity contribution in [2.75, 3.05) is 22.9 Å². The van der Waals surface area contributed by atoms with E-state index in [1.807, 2.05) is 0 Å². The first kappa shape index (κ1) is 15.4. The Morgan fingerprint density at radius 2 is 2.19 bits per heavy atom. The molecule has 1 aliphatic rings. The highest BCUT2D eigenvalue weighted by atomic mass is 32.2. The number of anilines is 2. The molecule has 0 aliphatic carbocycles. The summed E-state index contributed by atoms with van der Waals surface area (Å²) in [6, 6.07) is 4.31. The normalized spacial score (nSPS) is 18.0. The van der Waals surface area contributed by atoms with E-state index >= 15 is 0 Å². The van der Waals surface area contributed by atoms with E-state index in [1.54, 1.807) is 0 Å². The maximum Gasteiger partial charge on any atom is 0.335 e. The molecule has 1 heterocycles. The number of benzene rings is 1. The third-order valence-corrected chi connectivity index (χ3v) is 4.34. The Morgan fingerprint density at radius 1 is 1.48 bits per heavy atom. The van der Waals surface area contributed by atoms with Crippen LogP contribution in [0.3, 0.4) is 0 Å². The molecule has 1 aromatic rings. The van der Waals surface area contributed by atoms with Crippen molar-refractivity contribution in [2.24, 2.45) is 5.92 Å². The number of carbonyl (C=O) groups excluding carboxylic acids is 2. The summed E-state index contributed by atoms with van der Waals surface area (Å²) in [5, 5.41) is 9.04. The van der Waals surface area contributed by atoms with Gasteiger partial charge in [-0.1, -0.05) is 11.8 Å². The van der Waals surface area contributed by atoms with Crippen LogP contribution in [0.25, 0.3) is 0 Å². The van der Waals surface area contributed by atoms with Gasteiger partial charge in [-0.15, -0.1) is 0 Å². The standard InChI is InChI=1S/C14H16N2O4S/c1-8(17)21-7-9-4-13(18)16(6-9)12-5-10(14(19)20)2-3-11(12)15/h2-3,5,9H,4,6-7,15H2,1H3,(H,19,20). The average Bonchev–Trinajstić information content (AvgIpc) is 2.78. The Bertz CT molecular complexity index is 603. The van der Waals surface area contributed by atoms with E-state index in [0.717, 1.165) is 0 Å². The van der Waals surface area contributed by atoms with E-state index < -0.39 is 5.97 Å². The van der Waals surface area contributed by atoms with Crippen LogP contribution in [0.1, 0.15) is 23.7 Å². The molecule has 112 valence electrons. The minimum absolute atomic E-state index is 0.0216. The molecular weight excluding hydrogens is 292 g/mol. The maximum absolute atomic E-state index is 12.1. The third-order valence-electron chi connectivity index (χ3n) is 3.30. The number of aromatic carboxylic acids is 1. The highest BCUT2D eigenvalue weighted by Gasteiger charge is 2.32. The highest BCUT2D eigenvalue weighted by Crippen LogP contribution is 2.32. The van der Waals surface area contributed by atoms with Gasteiger partial charge in [-0.2, -0.15) is 0 Å². The van der Waals surface area contributed by atoms with Gasteiger partial charge in [0.25, 0.3) is 0 Å². The van der Waals surface area contributed by atoms with Crippen molar-refractivity contribution >= 4 is 40.1 Å². The van der Waals surface area contributed by atoms with E-state index in [0.29, 0.717) is 30.1 Å². The quantitative estimate of drug-likeness (QED) is 0.819. The van der Waals surface area contributed by atoms with Crippen molar-refractivity contribution in [3.05, 3.63) is 23.8 Å². The lowest BCUT2D eigenvalue weighted by Crippen LogP contribution is -2.26. The molecule has 7 heteroatoms. The molecule has 1 fully saturated rings. The SMILES string of the molecule is CC(=O)SCC1CC(=O)N(c2cc(C(=O)O)ccc2N)C1. The predicted molar refractivity (Wildman–Crippen MR) is 81.4 cm³/mol. The number of carboxylic acid groups (broad SMARTS) is 1. The monoisotopic (exact) mass is 308 g/mol. The number of hydrogen-bond donors (Lipinski definition) is 2. The first-order chi connectivity index (χ1) is 9.88. The zero-order valence-electron chi connectivity index (χ0n) is 11.5. The highest BCUT2D eigenvalue weighted by molar-refractivity contribution is 8.13. The van der Waals surface area contributed by atoms with Crippen LogP contribution in [0.5, 0.6) is 0 Å². The number of nitrogens with two attached hydrogens (primary N) is 1. The average molecular weight is 308 g/mol. The van der Waals surface area contributed by atoms with Gasteiger partial charge in [-0.05, 0) is 24.1 Å². The summed E-state index contributed by atoms with van der Waals surface area (Å²) in [6.07, 6.45) is 0.344. The lowest BCUT2D eigenvalue weighted by atomic mass is 10.1. The molecule has 21 heavy (non-hydrogen) atoms. The van der Waals surface area contributed by atoms with Crippen molar-refractivity contribution in [1.29, 1.82) is 0 Å². The molecule has 0 radical (unpaired) electrons. The van der Waals surface area contributed by atoms with Gasteiger partial charge in [-0.3, -0.25) is 9.59 Å². The van der Waals surface area contributed by atoms with Crippen molar-refractivity contribution in [3.63, 3.8) is 0 Å². The van der Waals surface area contributed by atoms with Crippen LogP contribution in [-0.2, 0) is 9.59 Å². The summed E-state index contributed by atoms with van der Waals surface area (Å²) in [4.78, 5) is 35.6. The Hall–Kier alpha value is -2.02. The number of carboxylic acids is 1. The van der Waals surface area contributed by atoms with Gasteiger partial charge in [-0.25, -0.2) is 4.79 Å². The molecule has 1 unspecified atom stereocenters. The van der Waals surface area contributed by atoms with Gasteiger partial charge in [0.1, 0.15) is 0 Å². The summed E-state index contributed by atoms with van der Waals surface area (Å²) in [5.74, 6) is -0.514. The first-order valence-electron chi connectivity index (χ1n) is 6.45. The van der Waals surface area contributed by atoms with Crippen LogP contribution in [-0.4, -0.2) is 34.4 Å². The molecule has 1 atom stereocenters. The smallest absolute Gasteiger partial charge is 0.335 e. The maximum atomic E-state index is 12.1. The predicted octanol–water partition coefficient (Wildman–Crippen LogP) is 1.60. The number of amides is 1. The van der Waals surface area contributed by atoms with E-state index in [2.05, 4.69) is 0 Å². The molecule has 2 rings (SSSR count). The summed E-state index contributed by atoms with van der Waals surface area (Å²) in [6.45, 7) is 1.94. The molecule has 0 bridgehead atoms. The van der Waals surface area contributed by atoms with Crippen molar-refractivity contribution in [2.45, 2.75) is 13.3 Å². The molecule has 1 amide bonds. The third kappa shape index (κ3) is 3.55. The largest absolute Gasteiger partial charge is 0.478 e. The fourth-order valence-corrected chi connectivity index (χ4v) is 2.97. The summed E-state index contributed by atoms with van der Waals surface area (Å²) >= 11 is 1.20. The number of rotatable bonds is 4. The fourth-order valence-electron chi connectivity index (χ4n) is 2.27. The molecular formula is C14H16N2O4S. The van der Waals surface area contributed by atoms with E-state index in [9.17, 15) is 14.4 Å². The molecule has 3 N–H and O–H groups in total. The molecule has 1 aromatic carbocycles. The van der Waals surface area contributed by atoms with Crippen LogP contribution in [0.4, 0.5) is 11.4 Å². The second-order valence-corrected chi connectivity index (χ2v) is 6.15. The van der Waals surface area contributed by atoms with E-state index in [1.165, 1.54) is 41.8 Å². The number of nitrogens with zero attached hydrogens (tertiary/aromatic N) is 1. The minimum Gasteiger partial charge on any atom is -0.478 e. The Labute approximate surface area is 126 Å². The van der Waals surface area contributed by atoms with Crippen molar-refractivity contribution in [1.82, 2.24) is 0 Å². The topological polar surface area (TPSA) is 101 Å². The minimum atomic E-state index is -1.06. The molecule has 1 saturated heterocycles. The summed E-state index contributed by atoms with van der Waals surface area (Å²) in [5.41, 5.74) is 6.74. The number of thioether (sulfide) groups is 1. The van der Waals surface area contributed by atoms with Gasteiger partial charge in [0.05, 0.1) is 16.9 Å². The Morgan fingerprint density at radius 3 is 2.81 bits per heavy atom. The van der Waals surface area contributed by atoms with Gasteiger partial charge >= 0.3 is 5.97 Å². The van der Waals surface area contributed by atoms with Crippen LogP contribution in [0.2, 0.25) is 0 Å². The summed E-state index contributed by atoms with van der Waals surface area (Å²) in [7, 11) is 0. The van der Waals surface area contributed by atoms with Crippen LogP contribution < -0.4 is 10.6 Å². The molecule has 1 aliphatic heterocycles. The fraction of sp³-hybridized carbons (Fsp3) is 0.357. The van der Waals surface area contributed by atoms with Gasteiger partial charge < -0.3 is 15.7 Å². The number of hydrogen-bond acceptors (Lipinski definition) is 5. The van der Waals surface area contributed by atoms with E-state index in [4.69, 9.17) is 10.8 Å².